The van der Waals surface area contributed by atoms with Gasteiger partial charge in [0.25, 0.3) is 0 Å². The van der Waals surface area contributed by atoms with Gasteiger partial charge in [0.05, 0.1) is 0 Å². The fraction of sp³-hybridized carbons (Fsp3) is 0.478. The molecule has 0 spiro atoms. The molecule has 0 unspecified atom stereocenters. The van der Waals surface area contributed by atoms with Crippen molar-refractivity contribution in [2.24, 2.45) is 11.8 Å². The summed E-state index contributed by atoms with van der Waals surface area (Å²) in [6.45, 7) is 17.3. The highest BCUT2D eigenvalue weighted by molar-refractivity contribution is 5.40. The van der Waals surface area contributed by atoms with E-state index < -0.39 is 0 Å². The zero-order valence-corrected chi connectivity index (χ0v) is 16.4. The van der Waals surface area contributed by atoms with Crippen LogP contribution in [0.2, 0.25) is 0 Å². The number of benzene rings is 2. The molecule has 0 N–H and O–H groups in total. The Morgan fingerprint density at radius 2 is 0.783 bits per heavy atom. The molecular weight excluding hydrogens is 276 g/mol. The maximum Gasteiger partial charge on any atom is 0.0248 e. The Hall–Kier alpha value is -1.56. The molecule has 0 aromatic heterocycles. The lowest BCUT2D eigenvalue weighted by atomic mass is 9.61. The van der Waals surface area contributed by atoms with E-state index in [0.29, 0.717) is 11.8 Å². The molecule has 0 heterocycles. The minimum Gasteiger partial charge on any atom is -0.0683 e. The van der Waals surface area contributed by atoms with Gasteiger partial charge in [0, 0.05) is 5.41 Å². The Morgan fingerprint density at radius 1 is 0.522 bits per heavy atom. The first kappa shape index (κ1) is 21.4. The maximum absolute atomic E-state index is 2.33. The molecule has 0 aliphatic carbocycles. The third kappa shape index (κ3) is 4.70. The first-order valence-electron chi connectivity index (χ1n) is 9.21. The molecule has 0 aliphatic rings. The predicted octanol–water partition coefficient (Wildman–Crippen LogP) is 7.34. The van der Waals surface area contributed by atoms with Crippen molar-refractivity contribution in [2.45, 2.75) is 60.8 Å². The van der Waals surface area contributed by atoms with Gasteiger partial charge in [-0.2, -0.15) is 0 Å². The third-order valence-corrected chi connectivity index (χ3v) is 4.32. The Morgan fingerprint density at radius 3 is 1.00 bits per heavy atom. The highest BCUT2D eigenvalue weighted by Crippen LogP contribution is 2.45. The average molecular weight is 313 g/mol. The fourth-order valence-electron chi connectivity index (χ4n) is 3.59. The minimum absolute atomic E-state index is 0.0858. The van der Waals surface area contributed by atoms with Gasteiger partial charge < -0.3 is 0 Å². The van der Waals surface area contributed by atoms with Gasteiger partial charge in [-0.1, -0.05) is 116 Å². The van der Waals surface area contributed by atoms with Crippen molar-refractivity contribution in [2.75, 3.05) is 0 Å². The van der Waals surface area contributed by atoms with Crippen molar-refractivity contribution >= 4 is 0 Å². The van der Waals surface area contributed by atoms with E-state index in [-0.39, 0.29) is 5.41 Å². The summed E-state index contributed by atoms with van der Waals surface area (Å²) in [5, 5.41) is 0. The van der Waals surface area contributed by atoms with E-state index in [9.17, 15) is 0 Å². The predicted molar refractivity (Wildman–Crippen MR) is 106 cm³/mol. The van der Waals surface area contributed by atoms with E-state index in [2.05, 4.69) is 88.4 Å². The largest absolute Gasteiger partial charge is 0.0683 e. The van der Waals surface area contributed by atoms with Crippen LogP contribution in [0.3, 0.4) is 0 Å². The topological polar surface area (TPSA) is 0 Å². The second-order valence-corrected chi connectivity index (χ2v) is 5.91. The number of rotatable bonds is 4. The number of hydrogen-bond donors (Lipinski definition) is 0. The second-order valence-electron chi connectivity index (χ2n) is 5.91. The Bertz CT molecular complexity index is 445. The van der Waals surface area contributed by atoms with Gasteiger partial charge in [0.15, 0.2) is 0 Å². The summed E-state index contributed by atoms with van der Waals surface area (Å²) >= 11 is 0. The van der Waals surface area contributed by atoms with Crippen molar-refractivity contribution in [1.29, 1.82) is 0 Å². The lowest BCUT2D eigenvalue weighted by Gasteiger charge is -2.43. The van der Waals surface area contributed by atoms with Gasteiger partial charge in [-0.3, -0.25) is 0 Å². The maximum atomic E-state index is 2.33. The molecule has 2 aromatic carbocycles. The van der Waals surface area contributed by atoms with Crippen molar-refractivity contribution < 1.29 is 0 Å². The number of hydrogen-bond acceptors (Lipinski definition) is 0. The van der Waals surface area contributed by atoms with Crippen molar-refractivity contribution in [3.8, 4) is 0 Å². The molecule has 0 heteroatoms. The van der Waals surface area contributed by atoms with Crippen LogP contribution in [0, 0.1) is 11.8 Å². The molecule has 0 saturated heterocycles. The average Bonchev–Trinajstić information content (AvgIpc) is 2.60. The fourth-order valence-corrected chi connectivity index (χ4v) is 3.59. The van der Waals surface area contributed by atoms with Gasteiger partial charge >= 0.3 is 0 Å². The van der Waals surface area contributed by atoms with Crippen LogP contribution in [0.5, 0.6) is 0 Å². The van der Waals surface area contributed by atoms with Gasteiger partial charge in [0.1, 0.15) is 0 Å². The van der Waals surface area contributed by atoms with Crippen molar-refractivity contribution in [1.82, 2.24) is 0 Å². The molecule has 0 bridgehead atoms. The molecule has 23 heavy (non-hydrogen) atoms. The molecule has 0 fully saturated rings. The lowest BCUT2D eigenvalue weighted by molar-refractivity contribution is 0.273. The van der Waals surface area contributed by atoms with Gasteiger partial charge in [0.2, 0.25) is 0 Å². The van der Waals surface area contributed by atoms with Crippen molar-refractivity contribution in [3.63, 3.8) is 0 Å². The molecule has 0 atom stereocenters. The molecule has 0 saturated carbocycles. The first-order valence-corrected chi connectivity index (χ1v) is 9.21. The van der Waals surface area contributed by atoms with Crippen LogP contribution in [0.4, 0.5) is 0 Å². The SMILES string of the molecule is CC.CC.CC(C)C(c1ccccc1)(c1ccccc1)C(C)C. The lowest BCUT2D eigenvalue weighted by Crippen LogP contribution is -2.39. The quantitative estimate of drug-likeness (QED) is 0.554. The standard InChI is InChI=1S/C19H24.2C2H6/c1-15(2)19(16(3)4,17-11-7-5-8-12-17)18-13-9-6-10-14-18;2*1-2/h5-16H,1-4H3;2*1-2H3. The van der Waals surface area contributed by atoms with Crippen LogP contribution >= 0.6 is 0 Å². The Labute approximate surface area is 145 Å². The van der Waals surface area contributed by atoms with Crippen LogP contribution in [-0.4, -0.2) is 0 Å². The molecule has 128 valence electrons. The van der Waals surface area contributed by atoms with Crippen LogP contribution in [-0.2, 0) is 5.41 Å². The molecule has 0 aliphatic heterocycles. The van der Waals surface area contributed by atoms with E-state index in [4.69, 9.17) is 0 Å². The zero-order chi connectivity index (χ0) is 17.9. The third-order valence-electron chi connectivity index (χ3n) is 4.32. The summed E-state index contributed by atoms with van der Waals surface area (Å²) < 4.78 is 0. The summed E-state index contributed by atoms with van der Waals surface area (Å²) in [6, 6.07) is 21.9. The van der Waals surface area contributed by atoms with Crippen LogP contribution in [0.1, 0.15) is 66.5 Å². The van der Waals surface area contributed by atoms with Crippen LogP contribution in [0.25, 0.3) is 0 Å². The monoisotopic (exact) mass is 312 g/mol. The Kier molecular flexibility index (Phi) is 10.3. The zero-order valence-electron chi connectivity index (χ0n) is 16.4. The molecule has 0 nitrogen and oxygen atoms in total. The molecule has 0 radical (unpaired) electrons. The second kappa shape index (κ2) is 11.0. The summed E-state index contributed by atoms with van der Waals surface area (Å²) in [5.41, 5.74) is 2.93. The summed E-state index contributed by atoms with van der Waals surface area (Å²) in [4.78, 5) is 0. The smallest absolute Gasteiger partial charge is 0.0248 e. The van der Waals surface area contributed by atoms with Gasteiger partial charge in [-0.05, 0) is 23.0 Å². The molecule has 2 rings (SSSR count). The van der Waals surface area contributed by atoms with E-state index in [1.807, 2.05) is 27.7 Å². The minimum atomic E-state index is 0.0858. The highest BCUT2D eigenvalue weighted by atomic mass is 14.4. The van der Waals surface area contributed by atoms with Crippen molar-refractivity contribution in [3.05, 3.63) is 71.8 Å². The van der Waals surface area contributed by atoms with E-state index in [1.165, 1.54) is 11.1 Å². The molecule has 2 aromatic rings. The first-order chi connectivity index (χ1) is 11.1. The van der Waals surface area contributed by atoms with Gasteiger partial charge in [-0.15, -0.1) is 0 Å². The highest BCUT2D eigenvalue weighted by Gasteiger charge is 2.40. The summed E-state index contributed by atoms with van der Waals surface area (Å²) in [6.07, 6.45) is 0. The van der Waals surface area contributed by atoms with Crippen LogP contribution < -0.4 is 0 Å². The van der Waals surface area contributed by atoms with Gasteiger partial charge in [-0.25, -0.2) is 0 Å². The van der Waals surface area contributed by atoms with E-state index >= 15 is 0 Å². The summed E-state index contributed by atoms with van der Waals surface area (Å²) in [5.74, 6) is 1.11. The van der Waals surface area contributed by atoms with E-state index in [1.54, 1.807) is 0 Å². The van der Waals surface area contributed by atoms with Crippen LogP contribution in [0.15, 0.2) is 60.7 Å². The van der Waals surface area contributed by atoms with E-state index in [0.717, 1.165) is 0 Å². The molecular formula is C23H36. The normalized spacial score (nSPS) is 10.5. The Balaban J connectivity index is 0.00000112. The summed E-state index contributed by atoms with van der Waals surface area (Å²) in [7, 11) is 0. The molecule has 0 amide bonds.